The number of nitrogens with zero attached hydrogens (tertiary/aromatic N) is 2. The van der Waals surface area contributed by atoms with Crippen molar-refractivity contribution in [2.75, 3.05) is 0 Å². The number of fused-ring (bicyclic) bond motifs is 1. The van der Waals surface area contributed by atoms with Crippen LogP contribution in [0.5, 0.6) is 0 Å². The SMILES string of the molecule is C[C@H]1OC(=O)[C@]2(NC(C)(C)C)CC(F)(F)[C@@H](C)[C@H](/C=C/c3ccc(-c4ccccc4C#N)cn3)[C@H]12. The van der Waals surface area contributed by atoms with Gasteiger partial charge in [0.2, 0.25) is 0 Å². The molecule has 35 heavy (non-hydrogen) atoms. The molecule has 1 N–H and O–H groups in total. The van der Waals surface area contributed by atoms with Crippen molar-refractivity contribution in [1.82, 2.24) is 10.3 Å². The second kappa shape index (κ2) is 8.83. The van der Waals surface area contributed by atoms with Gasteiger partial charge in [0, 0.05) is 41.1 Å². The number of allylic oxidation sites excluding steroid dienone is 1. The van der Waals surface area contributed by atoms with E-state index in [4.69, 9.17) is 4.74 Å². The molecule has 0 radical (unpaired) electrons. The van der Waals surface area contributed by atoms with Crippen LogP contribution in [0, 0.1) is 29.1 Å². The maximum Gasteiger partial charge on any atom is 0.327 e. The minimum Gasteiger partial charge on any atom is -0.461 e. The highest BCUT2D eigenvalue weighted by Gasteiger charge is 2.68. The Kier molecular flexibility index (Phi) is 6.31. The van der Waals surface area contributed by atoms with Crippen LogP contribution in [0.25, 0.3) is 17.2 Å². The Morgan fingerprint density at radius 2 is 1.91 bits per heavy atom. The second-order valence-corrected chi connectivity index (χ2v) is 10.8. The number of halogens is 2. The smallest absolute Gasteiger partial charge is 0.327 e. The molecule has 2 heterocycles. The first-order valence-corrected chi connectivity index (χ1v) is 11.9. The summed E-state index contributed by atoms with van der Waals surface area (Å²) in [5.74, 6) is -5.67. The highest BCUT2D eigenvalue weighted by molar-refractivity contribution is 5.84. The number of carbonyl (C=O) groups is 1. The van der Waals surface area contributed by atoms with Gasteiger partial charge in [0.25, 0.3) is 5.92 Å². The number of cyclic esters (lactones) is 1. The molecule has 1 aromatic carbocycles. The number of esters is 1. The van der Waals surface area contributed by atoms with Gasteiger partial charge in [-0.3, -0.25) is 15.1 Å². The van der Waals surface area contributed by atoms with Crippen LogP contribution in [-0.4, -0.2) is 34.1 Å². The van der Waals surface area contributed by atoms with Crippen LogP contribution < -0.4 is 5.32 Å². The summed E-state index contributed by atoms with van der Waals surface area (Å²) < 4.78 is 36.2. The van der Waals surface area contributed by atoms with Gasteiger partial charge >= 0.3 is 5.97 Å². The van der Waals surface area contributed by atoms with E-state index in [1.165, 1.54) is 0 Å². The molecule has 184 valence electrons. The van der Waals surface area contributed by atoms with E-state index in [2.05, 4.69) is 16.4 Å². The molecule has 0 unspecified atom stereocenters. The topological polar surface area (TPSA) is 75.0 Å². The Labute approximate surface area is 205 Å². The van der Waals surface area contributed by atoms with E-state index in [-0.39, 0.29) is 0 Å². The van der Waals surface area contributed by atoms with Gasteiger partial charge in [0.1, 0.15) is 11.6 Å². The van der Waals surface area contributed by atoms with E-state index in [0.717, 1.165) is 11.1 Å². The number of hydrogen-bond acceptors (Lipinski definition) is 5. The molecule has 1 saturated carbocycles. The Morgan fingerprint density at radius 3 is 2.54 bits per heavy atom. The summed E-state index contributed by atoms with van der Waals surface area (Å²) in [6.07, 6.45) is 4.08. The van der Waals surface area contributed by atoms with E-state index in [9.17, 15) is 10.1 Å². The third-order valence-corrected chi connectivity index (χ3v) is 7.14. The summed E-state index contributed by atoms with van der Waals surface area (Å²) in [6, 6.07) is 13.1. The quantitative estimate of drug-likeness (QED) is 0.577. The summed E-state index contributed by atoms with van der Waals surface area (Å²) in [4.78, 5) is 17.5. The molecule has 7 heteroatoms. The van der Waals surface area contributed by atoms with Crippen molar-refractivity contribution in [3.63, 3.8) is 0 Å². The maximum atomic E-state index is 15.3. The lowest BCUT2D eigenvalue weighted by Crippen LogP contribution is -2.68. The third kappa shape index (κ3) is 4.60. The molecule has 0 amide bonds. The molecule has 5 nitrogen and oxygen atoms in total. The van der Waals surface area contributed by atoms with Crippen molar-refractivity contribution in [2.24, 2.45) is 17.8 Å². The molecule has 1 aromatic heterocycles. The molecular formula is C28H31F2N3O2. The Bertz CT molecular complexity index is 1180. The normalized spacial score (nSPS) is 30.1. The minimum atomic E-state index is -3.05. The molecule has 5 atom stereocenters. The van der Waals surface area contributed by atoms with Crippen molar-refractivity contribution in [2.45, 2.75) is 64.1 Å². The largest absolute Gasteiger partial charge is 0.461 e. The van der Waals surface area contributed by atoms with Crippen molar-refractivity contribution in [3.8, 4) is 17.2 Å². The first kappa shape index (κ1) is 25.0. The van der Waals surface area contributed by atoms with Gasteiger partial charge in [-0.2, -0.15) is 5.26 Å². The Hall–Kier alpha value is -3.11. The van der Waals surface area contributed by atoms with Crippen LogP contribution in [0.4, 0.5) is 8.78 Å². The van der Waals surface area contributed by atoms with Gasteiger partial charge in [0.15, 0.2) is 0 Å². The fourth-order valence-corrected chi connectivity index (χ4v) is 5.68. The summed E-state index contributed by atoms with van der Waals surface area (Å²) in [7, 11) is 0. The molecule has 2 fully saturated rings. The van der Waals surface area contributed by atoms with Crippen molar-refractivity contribution in [1.29, 1.82) is 5.26 Å². The average molecular weight is 480 g/mol. The van der Waals surface area contributed by atoms with Gasteiger partial charge in [0.05, 0.1) is 17.3 Å². The fraction of sp³-hybridized carbons (Fsp3) is 0.464. The van der Waals surface area contributed by atoms with Gasteiger partial charge in [-0.05, 0) is 51.8 Å². The summed E-state index contributed by atoms with van der Waals surface area (Å²) in [6.45, 7) is 8.93. The van der Waals surface area contributed by atoms with Gasteiger partial charge in [-0.25, -0.2) is 8.78 Å². The van der Waals surface area contributed by atoms with Crippen LogP contribution in [0.3, 0.4) is 0 Å². The van der Waals surface area contributed by atoms with Crippen LogP contribution in [-0.2, 0) is 9.53 Å². The Balaban J connectivity index is 1.67. The van der Waals surface area contributed by atoms with Gasteiger partial charge in [-0.1, -0.05) is 37.3 Å². The van der Waals surface area contributed by atoms with E-state index in [1.54, 1.807) is 50.4 Å². The predicted molar refractivity (Wildman–Crippen MR) is 130 cm³/mol. The number of aromatic nitrogens is 1. The molecule has 2 aliphatic rings. The van der Waals surface area contributed by atoms with Crippen molar-refractivity contribution in [3.05, 3.63) is 59.9 Å². The van der Waals surface area contributed by atoms with E-state index in [0.29, 0.717) is 11.3 Å². The standard InChI is InChI=1S/C28H31F2N3O2/c1-17-22(13-12-21-11-10-20(15-32-21)23-9-7-6-8-19(23)14-31)24-18(2)35-25(34)27(24,16-28(17,29)30)33-26(3,4)5/h6-13,15,17-18,22,24,33H,16H2,1-5H3/b13-12+/t17-,18+,22-,24-,27-/m0/s1. The molecule has 1 aliphatic heterocycles. The number of nitrogens with one attached hydrogen (secondary N) is 1. The zero-order valence-electron chi connectivity index (χ0n) is 20.7. The summed E-state index contributed by atoms with van der Waals surface area (Å²) in [5, 5.41) is 12.6. The van der Waals surface area contributed by atoms with Crippen molar-refractivity contribution >= 4 is 12.0 Å². The number of nitriles is 1. The summed E-state index contributed by atoms with van der Waals surface area (Å²) >= 11 is 0. The zero-order chi connectivity index (χ0) is 25.6. The van der Waals surface area contributed by atoms with E-state index < -0.39 is 53.2 Å². The Morgan fingerprint density at radius 1 is 1.20 bits per heavy atom. The first-order chi connectivity index (χ1) is 16.4. The lowest BCUT2D eigenvalue weighted by Gasteiger charge is -2.50. The molecule has 2 aromatic rings. The third-order valence-electron chi connectivity index (χ3n) is 7.14. The summed E-state index contributed by atoms with van der Waals surface area (Å²) in [5.41, 5.74) is 0.736. The molecule has 4 rings (SSSR count). The predicted octanol–water partition coefficient (Wildman–Crippen LogP) is 5.61. The number of ether oxygens (including phenoxy) is 1. The van der Waals surface area contributed by atoms with Crippen LogP contribution in [0.1, 0.15) is 52.3 Å². The molecule has 0 bridgehead atoms. The number of benzene rings is 1. The molecular weight excluding hydrogens is 448 g/mol. The number of pyridine rings is 1. The number of hydrogen-bond donors (Lipinski definition) is 1. The fourth-order valence-electron chi connectivity index (χ4n) is 5.68. The van der Waals surface area contributed by atoms with Crippen LogP contribution >= 0.6 is 0 Å². The van der Waals surface area contributed by atoms with Gasteiger partial charge in [-0.15, -0.1) is 0 Å². The molecule has 1 aliphatic carbocycles. The minimum absolute atomic E-state index is 0.443. The number of carbonyl (C=O) groups excluding carboxylic acids is 1. The van der Waals surface area contributed by atoms with E-state index in [1.807, 2.05) is 39.0 Å². The highest BCUT2D eigenvalue weighted by atomic mass is 19.3. The lowest BCUT2D eigenvalue weighted by molar-refractivity contribution is -0.162. The maximum absolute atomic E-state index is 15.3. The molecule has 0 spiro atoms. The monoisotopic (exact) mass is 479 g/mol. The second-order valence-electron chi connectivity index (χ2n) is 10.8. The lowest BCUT2D eigenvalue weighted by atomic mass is 9.60. The van der Waals surface area contributed by atoms with E-state index >= 15 is 8.78 Å². The number of rotatable bonds is 4. The van der Waals surface area contributed by atoms with Crippen molar-refractivity contribution < 1.29 is 18.3 Å². The zero-order valence-corrected chi connectivity index (χ0v) is 20.7. The first-order valence-electron chi connectivity index (χ1n) is 11.9. The van der Waals surface area contributed by atoms with Crippen LogP contribution in [0.15, 0.2) is 48.7 Å². The number of alkyl halides is 2. The average Bonchev–Trinajstić information content (AvgIpc) is 3.01. The highest BCUT2D eigenvalue weighted by Crippen LogP contribution is 2.55. The molecule has 1 saturated heterocycles. The van der Waals surface area contributed by atoms with Crippen LogP contribution in [0.2, 0.25) is 0 Å². The van der Waals surface area contributed by atoms with Gasteiger partial charge < -0.3 is 4.74 Å².